The Balaban J connectivity index is 1.62. The number of benzene rings is 2. The van der Waals surface area contributed by atoms with Crippen molar-refractivity contribution in [3.63, 3.8) is 0 Å². The van der Waals surface area contributed by atoms with E-state index in [0.29, 0.717) is 5.69 Å². The molecule has 3 aromatic heterocycles. The average Bonchev–Trinajstić information content (AvgIpc) is 2.98. The highest BCUT2D eigenvalue weighted by Gasteiger charge is 2.27. The third-order valence-corrected chi connectivity index (χ3v) is 6.49. The summed E-state index contributed by atoms with van der Waals surface area (Å²) in [4.78, 5) is 48.0. The SMILES string of the molecule is CC(C)n1c(-c2ccc(Oc3ccnc(N)c3C#Cc3ccccn3)c(F)c2)c(C(N)=O)c(=O)n(-c2ccc(F)cc2)c1=O. The fourth-order valence-electron chi connectivity index (χ4n) is 4.51. The summed E-state index contributed by atoms with van der Waals surface area (Å²) >= 11 is 0. The highest BCUT2D eigenvalue weighted by Crippen LogP contribution is 2.33. The molecule has 5 rings (SSSR count). The summed E-state index contributed by atoms with van der Waals surface area (Å²) in [5, 5.41) is 0. The van der Waals surface area contributed by atoms with E-state index < -0.39 is 40.4 Å². The molecular formula is C32H24F2N6O4. The first kappa shape index (κ1) is 29.4. The maximum Gasteiger partial charge on any atom is 0.336 e. The molecule has 0 atom stereocenters. The van der Waals surface area contributed by atoms with Gasteiger partial charge in [0.2, 0.25) is 0 Å². The number of nitrogens with zero attached hydrogens (tertiary/aromatic N) is 4. The van der Waals surface area contributed by atoms with Gasteiger partial charge in [-0.2, -0.15) is 0 Å². The molecule has 0 aliphatic rings. The fourth-order valence-corrected chi connectivity index (χ4v) is 4.51. The van der Waals surface area contributed by atoms with E-state index in [1.165, 1.54) is 36.5 Å². The lowest BCUT2D eigenvalue weighted by Gasteiger charge is -2.21. The molecule has 0 aliphatic carbocycles. The van der Waals surface area contributed by atoms with Gasteiger partial charge in [-0.3, -0.25) is 14.2 Å². The number of primary amides is 1. The molecular weight excluding hydrogens is 570 g/mol. The molecule has 0 radical (unpaired) electrons. The Bertz CT molecular complexity index is 2080. The van der Waals surface area contributed by atoms with Gasteiger partial charge in [0.15, 0.2) is 11.6 Å². The molecule has 2 aromatic carbocycles. The average molecular weight is 595 g/mol. The van der Waals surface area contributed by atoms with Gasteiger partial charge in [0, 0.05) is 30.1 Å². The van der Waals surface area contributed by atoms with Gasteiger partial charge in [0.1, 0.15) is 34.2 Å². The number of carbonyl (C=O) groups excluding carboxylic acids is 1. The normalized spacial score (nSPS) is 10.8. The molecule has 4 N–H and O–H groups in total. The minimum Gasteiger partial charge on any atom is -0.453 e. The zero-order valence-corrected chi connectivity index (χ0v) is 23.4. The van der Waals surface area contributed by atoms with E-state index in [-0.39, 0.29) is 39.8 Å². The topological polar surface area (TPSA) is 148 Å². The van der Waals surface area contributed by atoms with E-state index in [2.05, 4.69) is 21.8 Å². The van der Waals surface area contributed by atoms with Crippen molar-refractivity contribution in [3.8, 4) is 40.3 Å². The molecule has 0 spiro atoms. The number of hydrogen-bond donors (Lipinski definition) is 2. The van der Waals surface area contributed by atoms with Gasteiger partial charge in [-0.15, -0.1) is 0 Å². The number of aromatic nitrogens is 4. The first-order valence-corrected chi connectivity index (χ1v) is 13.2. The number of carbonyl (C=O) groups is 1. The van der Waals surface area contributed by atoms with Gasteiger partial charge in [0.05, 0.1) is 11.4 Å². The predicted molar refractivity (Wildman–Crippen MR) is 159 cm³/mol. The lowest BCUT2D eigenvalue weighted by atomic mass is 10.0. The summed E-state index contributed by atoms with van der Waals surface area (Å²) in [5.41, 5.74) is 9.78. The van der Waals surface area contributed by atoms with Crippen molar-refractivity contribution in [1.29, 1.82) is 0 Å². The Labute approximate surface area is 249 Å². The fraction of sp³-hybridized carbons (Fsp3) is 0.0938. The molecule has 0 aliphatic heterocycles. The van der Waals surface area contributed by atoms with E-state index in [1.54, 1.807) is 38.2 Å². The number of nitrogen functional groups attached to an aromatic ring is 1. The van der Waals surface area contributed by atoms with E-state index in [1.807, 2.05) is 0 Å². The van der Waals surface area contributed by atoms with Crippen LogP contribution in [0.1, 0.15) is 41.5 Å². The Morgan fingerprint density at radius 3 is 2.32 bits per heavy atom. The van der Waals surface area contributed by atoms with Crippen LogP contribution >= 0.6 is 0 Å². The van der Waals surface area contributed by atoms with Crippen LogP contribution in [0.4, 0.5) is 14.6 Å². The van der Waals surface area contributed by atoms with Crippen LogP contribution in [0, 0.1) is 23.5 Å². The molecule has 3 heterocycles. The summed E-state index contributed by atoms with van der Waals surface area (Å²) in [6.45, 7) is 3.29. The maximum absolute atomic E-state index is 15.6. The summed E-state index contributed by atoms with van der Waals surface area (Å²) < 4.78 is 36.9. The molecule has 0 saturated carbocycles. The van der Waals surface area contributed by atoms with E-state index in [4.69, 9.17) is 16.2 Å². The predicted octanol–water partition coefficient (Wildman–Crippen LogP) is 4.19. The van der Waals surface area contributed by atoms with Crippen molar-refractivity contribution in [1.82, 2.24) is 19.1 Å². The van der Waals surface area contributed by atoms with Crippen molar-refractivity contribution < 1.29 is 18.3 Å². The number of rotatable bonds is 6. The number of hydrogen-bond acceptors (Lipinski definition) is 7. The zero-order chi connectivity index (χ0) is 31.5. The molecule has 44 heavy (non-hydrogen) atoms. The first-order chi connectivity index (χ1) is 21.1. The van der Waals surface area contributed by atoms with Crippen molar-refractivity contribution >= 4 is 11.7 Å². The third kappa shape index (κ3) is 5.66. The summed E-state index contributed by atoms with van der Waals surface area (Å²) in [6.07, 6.45) is 2.96. The van der Waals surface area contributed by atoms with Crippen LogP contribution in [0.5, 0.6) is 11.5 Å². The molecule has 5 aromatic rings. The van der Waals surface area contributed by atoms with E-state index in [0.717, 1.165) is 27.3 Å². The lowest BCUT2D eigenvalue weighted by molar-refractivity contribution is 0.0998. The van der Waals surface area contributed by atoms with Crippen molar-refractivity contribution in [2.75, 3.05) is 5.73 Å². The van der Waals surface area contributed by atoms with Crippen LogP contribution in [-0.2, 0) is 0 Å². The minimum absolute atomic E-state index is 0.0159. The van der Waals surface area contributed by atoms with Crippen LogP contribution in [0.15, 0.2) is 88.7 Å². The molecule has 10 nitrogen and oxygen atoms in total. The van der Waals surface area contributed by atoms with Gasteiger partial charge >= 0.3 is 5.69 Å². The molecule has 1 amide bonds. The van der Waals surface area contributed by atoms with Gasteiger partial charge in [-0.1, -0.05) is 12.0 Å². The highest BCUT2D eigenvalue weighted by molar-refractivity contribution is 5.98. The van der Waals surface area contributed by atoms with E-state index >= 15 is 4.39 Å². The van der Waals surface area contributed by atoms with Gasteiger partial charge in [-0.25, -0.2) is 28.1 Å². The number of ether oxygens (including phenoxy) is 1. The second kappa shape index (κ2) is 12.0. The monoisotopic (exact) mass is 594 g/mol. The second-order valence-corrected chi connectivity index (χ2v) is 9.73. The van der Waals surface area contributed by atoms with Crippen LogP contribution in [0.25, 0.3) is 16.9 Å². The van der Waals surface area contributed by atoms with E-state index in [9.17, 15) is 18.8 Å². The number of anilines is 1. The second-order valence-electron chi connectivity index (χ2n) is 9.73. The first-order valence-electron chi connectivity index (χ1n) is 13.2. The molecule has 220 valence electrons. The number of halogens is 2. The zero-order valence-electron chi connectivity index (χ0n) is 23.4. The largest absolute Gasteiger partial charge is 0.453 e. The summed E-state index contributed by atoms with van der Waals surface area (Å²) in [7, 11) is 0. The standard InChI is InChI=1S/C32H24F2N6O4/c1-18(2)39-28(27(30(36)41)31(42)40(32(39)43)22-10-7-20(33)8-11-22)19-6-13-26(24(34)17-19)44-25-14-16-38-29(35)23(25)12-9-21-5-3-4-15-37-21/h3-8,10-11,13-18H,1-2H3,(H2,35,38)(H2,36,41). The molecule has 0 fully saturated rings. The van der Waals surface area contributed by atoms with Crippen LogP contribution in [0.2, 0.25) is 0 Å². The number of pyridine rings is 2. The molecule has 12 heteroatoms. The van der Waals surface area contributed by atoms with Gasteiger partial charge in [-0.05, 0) is 74.4 Å². The van der Waals surface area contributed by atoms with Crippen molar-refractivity contribution in [3.05, 3.63) is 128 Å². The Hall–Kier alpha value is -6.09. The maximum atomic E-state index is 15.6. The number of nitrogens with two attached hydrogens (primary N) is 2. The third-order valence-electron chi connectivity index (χ3n) is 6.49. The van der Waals surface area contributed by atoms with Gasteiger partial charge in [0.25, 0.3) is 11.5 Å². The molecule has 0 bridgehead atoms. The Kier molecular flexibility index (Phi) is 8.04. The minimum atomic E-state index is -1.14. The van der Waals surface area contributed by atoms with Crippen LogP contribution < -0.4 is 27.5 Å². The highest BCUT2D eigenvalue weighted by atomic mass is 19.1. The lowest BCUT2D eigenvalue weighted by Crippen LogP contribution is -2.44. The van der Waals surface area contributed by atoms with Crippen molar-refractivity contribution in [2.45, 2.75) is 19.9 Å². The van der Waals surface area contributed by atoms with Crippen LogP contribution in [-0.4, -0.2) is 25.0 Å². The smallest absolute Gasteiger partial charge is 0.336 e. The number of amides is 1. The Morgan fingerprint density at radius 2 is 1.68 bits per heavy atom. The molecule has 0 unspecified atom stereocenters. The summed E-state index contributed by atoms with van der Waals surface area (Å²) in [5.74, 6) is 3.03. The van der Waals surface area contributed by atoms with Crippen molar-refractivity contribution in [2.24, 2.45) is 5.73 Å². The summed E-state index contributed by atoms with van der Waals surface area (Å²) in [6, 6.07) is 14.3. The quantitative estimate of drug-likeness (QED) is 0.280. The molecule has 0 saturated heterocycles. The van der Waals surface area contributed by atoms with Gasteiger partial charge < -0.3 is 16.2 Å². The van der Waals surface area contributed by atoms with Crippen LogP contribution in [0.3, 0.4) is 0 Å². The Morgan fingerprint density at radius 1 is 0.932 bits per heavy atom.